The fraction of sp³-hybridized carbons (Fsp3) is 0.350. The number of rotatable bonds is 7. The molecule has 0 atom stereocenters. The highest BCUT2D eigenvalue weighted by molar-refractivity contribution is 14.0. The molecule has 3 rings (SSSR count). The molecule has 0 saturated carbocycles. The molecule has 146 valence electrons. The molecule has 6 nitrogen and oxygen atoms in total. The number of guanidine groups is 1. The van der Waals surface area contributed by atoms with Crippen LogP contribution in [-0.2, 0) is 12.8 Å². The van der Waals surface area contributed by atoms with Gasteiger partial charge in [-0.2, -0.15) is 0 Å². The van der Waals surface area contributed by atoms with Gasteiger partial charge in [-0.15, -0.1) is 24.0 Å². The van der Waals surface area contributed by atoms with E-state index in [-0.39, 0.29) is 24.0 Å². The SMILES string of the molecule is CN=C(NCCc1ccc2c(c1)OCO2)NCCc1ccccc1OC.I. The third-order valence-electron chi connectivity index (χ3n) is 4.25. The van der Waals surface area contributed by atoms with Crippen LogP contribution in [0, 0.1) is 0 Å². The van der Waals surface area contributed by atoms with Gasteiger partial charge in [-0.3, -0.25) is 4.99 Å². The van der Waals surface area contributed by atoms with E-state index in [1.165, 1.54) is 11.1 Å². The van der Waals surface area contributed by atoms with Crippen molar-refractivity contribution in [3.05, 3.63) is 53.6 Å². The van der Waals surface area contributed by atoms with Gasteiger partial charge < -0.3 is 24.8 Å². The number of aliphatic imine (C=N–C) groups is 1. The largest absolute Gasteiger partial charge is 0.496 e. The predicted octanol–water partition coefficient (Wildman–Crippen LogP) is 2.99. The number of nitrogens with zero attached hydrogens (tertiary/aromatic N) is 1. The molecular weight excluding hydrogens is 457 g/mol. The Balaban J connectivity index is 0.00000261. The molecule has 0 saturated heterocycles. The van der Waals surface area contributed by atoms with Gasteiger partial charge in [-0.05, 0) is 42.2 Å². The average Bonchev–Trinajstić information content (AvgIpc) is 3.15. The van der Waals surface area contributed by atoms with Gasteiger partial charge in [0.05, 0.1) is 7.11 Å². The lowest BCUT2D eigenvalue weighted by Crippen LogP contribution is -2.39. The second kappa shape index (κ2) is 10.9. The van der Waals surface area contributed by atoms with Crippen LogP contribution in [0.5, 0.6) is 17.2 Å². The average molecular weight is 483 g/mol. The van der Waals surface area contributed by atoms with Gasteiger partial charge >= 0.3 is 0 Å². The van der Waals surface area contributed by atoms with E-state index in [9.17, 15) is 0 Å². The molecule has 0 radical (unpaired) electrons. The van der Waals surface area contributed by atoms with Gasteiger partial charge in [0.2, 0.25) is 6.79 Å². The molecule has 0 spiro atoms. The van der Waals surface area contributed by atoms with E-state index < -0.39 is 0 Å². The predicted molar refractivity (Wildman–Crippen MR) is 118 cm³/mol. The second-order valence-electron chi connectivity index (χ2n) is 5.93. The first-order valence-corrected chi connectivity index (χ1v) is 8.75. The molecule has 0 aliphatic carbocycles. The normalized spacial score (nSPS) is 12.3. The molecule has 0 unspecified atom stereocenters. The lowest BCUT2D eigenvalue weighted by atomic mass is 10.1. The van der Waals surface area contributed by atoms with E-state index in [4.69, 9.17) is 14.2 Å². The van der Waals surface area contributed by atoms with E-state index in [0.717, 1.165) is 49.1 Å². The van der Waals surface area contributed by atoms with Crippen molar-refractivity contribution < 1.29 is 14.2 Å². The van der Waals surface area contributed by atoms with Crippen molar-refractivity contribution in [2.24, 2.45) is 4.99 Å². The van der Waals surface area contributed by atoms with Gasteiger partial charge in [0.15, 0.2) is 17.5 Å². The Labute approximate surface area is 177 Å². The molecule has 2 N–H and O–H groups in total. The number of benzene rings is 2. The number of ether oxygens (including phenoxy) is 3. The van der Waals surface area contributed by atoms with Crippen LogP contribution < -0.4 is 24.8 Å². The van der Waals surface area contributed by atoms with Crippen molar-refractivity contribution in [1.82, 2.24) is 10.6 Å². The molecule has 0 aromatic heterocycles. The summed E-state index contributed by atoms with van der Waals surface area (Å²) in [5, 5.41) is 6.67. The minimum absolute atomic E-state index is 0. The Hall–Kier alpha value is -2.16. The minimum Gasteiger partial charge on any atom is -0.496 e. The van der Waals surface area contributed by atoms with Crippen molar-refractivity contribution in [3.8, 4) is 17.2 Å². The maximum absolute atomic E-state index is 5.41. The maximum atomic E-state index is 5.41. The number of halogens is 1. The highest BCUT2D eigenvalue weighted by Crippen LogP contribution is 2.32. The van der Waals surface area contributed by atoms with E-state index in [1.807, 2.05) is 30.3 Å². The monoisotopic (exact) mass is 483 g/mol. The standard InChI is InChI=1S/C20H25N3O3.HI/c1-21-20(23-12-10-16-5-3-4-6-17(16)24-2)22-11-9-15-7-8-18-19(13-15)26-14-25-18;/h3-8,13H,9-12,14H2,1-2H3,(H2,21,22,23);1H. The van der Waals surface area contributed by atoms with E-state index >= 15 is 0 Å². The van der Waals surface area contributed by atoms with Crippen molar-refractivity contribution >= 4 is 29.9 Å². The summed E-state index contributed by atoms with van der Waals surface area (Å²) < 4.78 is 16.1. The van der Waals surface area contributed by atoms with Crippen LogP contribution in [-0.4, -0.2) is 40.0 Å². The summed E-state index contributed by atoms with van der Waals surface area (Å²) in [6.07, 6.45) is 1.75. The molecule has 0 fully saturated rings. The quantitative estimate of drug-likeness (QED) is 0.360. The van der Waals surface area contributed by atoms with Crippen molar-refractivity contribution in [2.45, 2.75) is 12.8 Å². The lowest BCUT2D eigenvalue weighted by Gasteiger charge is -2.13. The van der Waals surface area contributed by atoms with Gasteiger partial charge in [0.25, 0.3) is 0 Å². The van der Waals surface area contributed by atoms with Crippen molar-refractivity contribution in [3.63, 3.8) is 0 Å². The summed E-state index contributed by atoms with van der Waals surface area (Å²) in [7, 11) is 3.47. The zero-order chi connectivity index (χ0) is 18.2. The van der Waals surface area contributed by atoms with Gasteiger partial charge in [-0.25, -0.2) is 0 Å². The summed E-state index contributed by atoms with van der Waals surface area (Å²) in [5.74, 6) is 3.35. The topological polar surface area (TPSA) is 64.1 Å². The molecule has 2 aromatic carbocycles. The fourth-order valence-electron chi connectivity index (χ4n) is 2.87. The summed E-state index contributed by atoms with van der Waals surface area (Å²) in [6, 6.07) is 14.1. The fourth-order valence-corrected chi connectivity index (χ4v) is 2.87. The van der Waals surface area contributed by atoms with Crippen molar-refractivity contribution in [1.29, 1.82) is 0 Å². The Kier molecular flexibility index (Phi) is 8.50. The molecule has 1 aliphatic heterocycles. The number of nitrogens with one attached hydrogen (secondary N) is 2. The van der Waals surface area contributed by atoms with Gasteiger partial charge in [0, 0.05) is 20.1 Å². The molecule has 1 aliphatic rings. The Morgan fingerprint density at radius 3 is 2.56 bits per heavy atom. The summed E-state index contributed by atoms with van der Waals surface area (Å²) in [4.78, 5) is 4.27. The van der Waals surface area contributed by atoms with E-state index in [0.29, 0.717) is 6.79 Å². The number of methoxy groups -OCH3 is 1. The highest BCUT2D eigenvalue weighted by atomic mass is 127. The van der Waals surface area contributed by atoms with Crippen LogP contribution in [0.1, 0.15) is 11.1 Å². The number of hydrogen-bond donors (Lipinski definition) is 2. The minimum atomic E-state index is 0. The lowest BCUT2D eigenvalue weighted by molar-refractivity contribution is 0.174. The summed E-state index contributed by atoms with van der Waals surface area (Å²) >= 11 is 0. The van der Waals surface area contributed by atoms with Gasteiger partial charge in [0.1, 0.15) is 5.75 Å². The van der Waals surface area contributed by atoms with Crippen LogP contribution in [0.4, 0.5) is 0 Å². The van der Waals surface area contributed by atoms with Crippen LogP contribution in [0.15, 0.2) is 47.5 Å². The zero-order valence-electron chi connectivity index (χ0n) is 15.7. The molecule has 27 heavy (non-hydrogen) atoms. The molecule has 1 heterocycles. The first kappa shape index (κ1) is 21.1. The summed E-state index contributed by atoms with van der Waals surface area (Å²) in [5.41, 5.74) is 2.38. The zero-order valence-corrected chi connectivity index (χ0v) is 18.0. The molecule has 0 bridgehead atoms. The van der Waals surface area contributed by atoms with Gasteiger partial charge in [-0.1, -0.05) is 24.3 Å². The number of para-hydroxylation sites is 1. The van der Waals surface area contributed by atoms with Crippen LogP contribution >= 0.6 is 24.0 Å². The second-order valence-corrected chi connectivity index (χ2v) is 5.93. The Bertz CT molecular complexity index is 768. The smallest absolute Gasteiger partial charge is 0.231 e. The van der Waals surface area contributed by atoms with Crippen LogP contribution in [0.2, 0.25) is 0 Å². The molecular formula is C20H26IN3O3. The number of hydrogen-bond acceptors (Lipinski definition) is 4. The highest BCUT2D eigenvalue weighted by Gasteiger charge is 2.12. The summed E-state index contributed by atoms with van der Waals surface area (Å²) in [6.45, 7) is 1.87. The molecule has 0 amide bonds. The maximum Gasteiger partial charge on any atom is 0.231 e. The first-order valence-electron chi connectivity index (χ1n) is 8.75. The van der Waals surface area contributed by atoms with Crippen LogP contribution in [0.25, 0.3) is 0 Å². The first-order chi connectivity index (χ1) is 12.8. The Morgan fingerprint density at radius 2 is 1.78 bits per heavy atom. The number of fused-ring (bicyclic) bond motifs is 1. The molecule has 7 heteroatoms. The van der Waals surface area contributed by atoms with Crippen LogP contribution in [0.3, 0.4) is 0 Å². The Morgan fingerprint density at radius 1 is 1.04 bits per heavy atom. The third-order valence-corrected chi connectivity index (χ3v) is 4.25. The van der Waals surface area contributed by atoms with Crippen molar-refractivity contribution in [2.75, 3.05) is 34.0 Å². The third kappa shape index (κ3) is 5.92. The molecule has 2 aromatic rings. The van der Waals surface area contributed by atoms with E-state index in [2.05, 4.69) is 27.8 Å². The van der Waals surface area contributed by atoms with E-state index in [1.54, 1.807) is 14.2 Å².